The number of hydrogen-bond acceptors (Lipinski definition) is 2. The van der Waals surface area contributed by atoms with Crippen molar-refractivity contribution < 1.29 is 4.43 Å². The van der Waals surface area contributed by atoms with Gasteiger partial charge in [0.2, 0.25) is 0 Å². The molecule has 0 spiro atoms. The van der Waals surface area contributed by atoms with Crippen molar-refractivity contribution in [3.8, 4) is 0 Å². The minimum Gasteiger partial charge on any atom is -0.399 e. The van der Waals surface area contributed by atoms with Gasteiger partial charge >= 0.3 is 0 Å². The summed E-state index contributed by atoms with van der Waals surface area (Å²) in [6.07, 6.45) is 7.06. The topological polar surface area (TPSA) is 35.2 Å². The van der Waals surface area contributed by atoms with Gasteiger partial charge in [0.25, 0.3) is 0 Å². The minimum atomic E-state index is -1.48. The average Bonchev–Trinajstić information content (AvgIpc) is 2.18. The van der Waals surface area contributed by atoms with Crippen LogP contribution in [0, 0.1) is 0 Å². The number of hydrogen-bond donors (Lipinski definition) is 1. The van der Waals surface area contributed by atoms with E-state index in [4.69, 9.17) is 10.2 Å². The van der Waals surface area contributed by atoms with Crippen LogP contribution in [-0.4, -0.2) is 14.0 Å². The molecule has 0 aromatic heterocycles. The summed E-state index contributed by atoms with van der Waals surface area (Å²) in [7, 11) is -1.48. The molecule has 2 N–H and O–H groups in total. The Labute approximate surface area is 102 Å². The van der Waals surface area contributed by atoms with Crippen molar-refractivity contribution in [1.29, 1.82) is 0 Å². The van der Waals surface area contributed by atoms with Crippen LogP contribution in [0.25, 0.3) is 0 Å². The standard InChI is InChI=1S/C13H29NOSi/c1-4-8-13(14)9-7-12-16(15-13,10-5-2)11-6-3/h4-12,14H2,1-3H3. The molecule has 3 heteroatoms. The summed E-state index contributed by atoms with van der Waals surface area (Å²) >= 11 is 0. The van der Waals surface area contributed by atoms with E-state index in [-0.39, 0.29) is 5.72 Å². The predicted octanol–water partition coefficient (Wildman–Crippen LogP) is 4.02. The molecule has 1 atom stereocenters. The summed E-state index contributed by atoms with van der Waals surface area (Å²) in [6.45, 7) is 6.76. The lowest BCUT2D eigenvalue weighted by atomic mass is 10.0. The first-order valence-corrected chi connectivity index (χ1v) is 9.62. The summed E-state index contributed by atoms with van der Waals surface area (Å²) in [5.41, 5.74) is 6.14. The van der Waals surface area contributed by atoms with E-state index in [1.807, 2.05) is 0 Å². The van der Waals surface area contributed by atoms with E-state index < -0.39 is 8.32 Å². The zero-order valence-electron chi connectivity index (χ0n) is 11.3. The smallest absolute Gasteiger partial charge is 0.195 e. The lowest BCUT2D eigenvalue weighted by Crippen LogP contribution is -2.56. The Morgan fingerprint density at radius 1 is 1.12 bits per heavy atom. The van der Waals surface area contributed by atoms with Gasteiger partial charge in [0.15, 0.2) is 8.32 Å². The van der Waals surface area contributed by atoms with Crippen LogP contribution in [-0.2, 0) is 4.43 Å². The van der Waals surface area contributed by atoms with Crippen LogP contribution in [0.1, 0.15) is 59.3 Å². The molecule has 0 radical (unpaired) electrons. The second-order valence-electron chi connectivity index (χ2n) is 5.45. The molecular formula is C13H29NOSi. The molecule has 1 unspecified atom stereocenters. The monoisotopic (exact) mass is 243 g/mol. The van der Waals surface area contributed by atoms with Crippen molar-refractivity contribution in [2.24, 2.45) is 5.73 Å². The molecule has 0 saturated carbocycles. The third kappa shape index (κ3) is 3.57. The van der Waals surface area contributed by atoms with Gasteiger partial charge in [0, 0.05) is 0 Å². The Balaban J connectivity index is 2.69. The van der Waals surface area contributed by atoms with Crippen molar-refractivity contribution in [2.75, 3.05) is 0 Å². The first kappa shape index (κ1) is 14.2. The maximum atomic E-state index is 6.50. The van der Waals surface area contributed by atoms with Gasteiger partial charge in [-0.1, -0.05) is 40.0 Å². The van der Waals surface area contributed by atoms with Crippen molar-refractivity contribution >= 4 is 8.32 Å². The quantitative estimate of drug-likeness (QED) is 0.715. The first-order chi connectivity index (χ1) is 7.60. The molecule has 1 aliphatic rings. The molecule has 0 bridgehead atoms. The van der Waals surface area contributed by atoms with E-state index in [1.165, 1.54) is 37.4 Å². The van der Waals surface area contributed by atoms with Crippen molar-refractivity contribution in [1.82, 2.24) is 0 Å². The molecule has 0 aliphatic carbocycles. The van der Waals surface area contributed by atoms with Gasteiger partial charge in [-0.15, -0.1) is 0 Å². The second-order valence-corrected chi connectivity index (χ2v) is 9.52. The molecule has 1 fully saturated rings. The van der Waals surface area contributed by atoms with Gasteiger partial charge in [-0.05, 0) is 37.4 Å². The first-order valence-electron chi connectivity index (χ1n) is 7.09. The zero-order valence-corrected chi connectivity index (χ0v) is 12.3. The van der Waals surface area contributed by atoms with E-state index in [0.29, 0.717) is 0 Å². The zero-order chi connectivity index (χ0) is 12.1. The van der Waals surface area contributed by atoms with Gasteiger partial charge < -0.3 is 10.2 Å². The fraction of sp³-hybridized carbons (Fsp3) is 1.00. The Bertz CT molecular complexity index is 195. The molecule has 1 heterocycles. The molecule has 16 heavy (non-hydrogen) atoms. The van der Waals surface area contributed by atoms with Gasteiger partial charge in [0.1, 0.15) is 5.72 Å². The fourth-order valence-corrected chi connectivity index (χ4v) is 8.00. The van der Waals surface area contributed by atoms with Gasteiger partial charge in [0.05, 0.1) is 0 Å². The molecule has 2 nitrogen and oxygen atoms in total. The number of nitrogens with two attached hydrogens (primary N) is 1. The predicted molar refractivity (Wildman–Crippen MR) is 72.9 cm³/mol. The van der Waals surface area contributed by atoms with Crippen LogP contribution >= 0.6 is 0 Å². The van der Waals surface area contributed by atoms with E-state index >= 15 is 0 Å². The highest BCUT2D eigenvalue weighted by Gasteiger charge is 2.43. The van der Waals surface area contributed by atoms with Crippen LogP contribution < -0.4 is 5.73 Å². The fourth-order valence-electron chi connectivity index (χ4n) is 3.23. The van der Waals surface area contributed by atoms with Crippen LogP contribution in [0.5, 0.6) is 0 Å². The summed E-state index contributed by atoms with van der Waals surface area (Å²) in [4.78, 5) is 0. The maximum Gasteiger partial charge on any atom is 0.195 e. The van der Waals surface area contributed by atoms with Crippen LogP contribution in [0.4, 0.5) is 0 Å². The molecule has 0 aromatic carbocycles. The van der Waals surface area contributed by atoms with E-state index in [1.54, 1.807) is 0 Å². The number of rotatable bonds is 6. The highest BCUT2D eigenvalue weighted by atomic mass is 28.4. The minimum absolute atomic E-state index is 0.274. The van der Waals surface area contributed by atoms with Crippen LogP contribution in [0.15, 0.2) is 0 Å². The summed E-state index contributed by atoms with van der Waals surface area (Å²) in [5.74, 6) is 0. The van der Waals surface area contributed by atoms with Gasteiger partial charge in [-0.3, -0.25) is 0 Å². The van der Waals surface area contributed by atoms with E-state index in [0.717, 1.165) is 19.3 Å². The summed E-state index contributed by atoms with van der Waals surface area (Å²) in [6, 6.07) is 3.96. The Morgan fingerprint density at radius 3 is 2.25 bits per heavy atom. The van der Waals surface area contributed by atoms with E-state index in [9.17, 15) is 0 Å². The lowest BCUT2D eigenvalue weighted by molar-refractivity contribution is 0.0274. The average molecular weight is 243 g/mol. The largest absolute Gasteiger partial charge is 0.399 e. The molecular weight excluding hydrogens is 214 g/mol. The van der Waals surface area contributed by atoms with Crippen molar-refractivity contribution in [3.05, 3.63) is 0 Å². The molecule has 1 aliphatic heterocycles. The highest BCUT2D eigenvalue weighted by molar-refractivity contribution is 6.74. The summed E-state index contributed by atoms with van der Waals surface area (Å²) in [5, 5.41) is 0. The molecule has 1 saturated heterocycles. The highest BCUT2D eigenvalue weighted by Crippen LogP contribution is 2.38. The third-order valence-corrected chi connectivity index (χ3v) is 8.66. The van der Waals surface area contributed by atoms with Crippen LogP contribution in [0.2, 0.25) is 18.1 Å². The molecule has 96 valence electrons. The Hall–Kier alpha value is 0.137. The molecule has 1 rings (SSSR count). The lowest BCUT2D eigenvalue weighted by Gasteiger charge is -2.46. The van der Waals surface area contributed by atoms with E-state index in [2.05, 4.69) is 20.8 Å². The SMILES string of the molecule is CCCC1(N)CCC[Si](CCC)(CCC)O1. The van der Waals surface area contributed by atoms with Crippen molar-refractivity contribution in [2.45, 2.75) is 83.2 Å². The van der Waals surface area contributed by atoms with Crippen molar-refractivity contribution in [3.63, 3.8) is 0 Å². The van der Waals surface area contributed by atoms with Gasteiger partial charge in [-0.25, -0.2) is 0 Å². The maximum absolute atomic E-state index is 6.50. The third-order valence-electron chi connectivity index (χ3n) is 3.74. The normalized spacial score (nSPS) is 29.2. The summed E-state index contributed by atoms with van der Waals surface area (Å²) < 4.78 is 6.50. The van der Waals surface area contributed by atoms with Crippen LogP contribution in [0.3, 0.4) is 0 Å². The second kappa shape index (κ2) is 6.17. The Morgan fingerprint density at radius 2 is 1.75 bits per heavy atom. The Kier molecular flexibility index (Phi) is 5.48. The molecule has 0 aromatic rings. The van der Waals surface area contributed by atoms with Gasteiger partial charge in [-0.2, -0.15) is 0 Å². The molecule has 0 amide bonds.